The molecule has 2 aromatic carbocycles. The molecule has 1 amide bonds. The summed E-state index contributed by atoms with van der Waals surface area (Å²) >= 11 is 0. The van der Waals surface area contributed by atoms with Crippen LogP contribution in [0.2, 0.25) is 0 Å². The molecule has 3 rings (SSSR count). The number of carbonyl (C=O) groups is 1. The topological polar surface area (TPSA) is 128 Å². The molecule has 27 heavy (non-hydrogen) atoms. The summed E-state index contributed by atoms with van der Waals surface area (Å²) in [4.78, 5) is 23.3. The van der Waals surface area contributed by atoms with Gasteiger partial charge in [0, 0.05) is 23.3 Å². The minimum Gasteiger partial charge on any atom is -0.271 e. The summed E-state index contributed by atoms with van der Waals surface area (Å²) in [5, 5.41) is 26.5. The predicted molar refractivity (Wildman–Crippen MR) is 96.8 cm³/mol. The van der Waals surface area contributed by atoms with Gasteiger partial charge in [-0.2, -0.15) is 9.90 Å². The lowest BCUT2D eigenvalue weighted by atomic mass is 10.1. The Labute approximate surface area is 153 Å². The number of hydrazone groups is 1. The van der Waals surface area contributed by atoms with Gasteiger partial charge in [-0.15, -0.1) is 10.2 Å². The summed E-state index contributed by atoms with van der Waals surface area (Å²) in [6.07, 6.45) is 1.32. The van der Waals surface area contributed by atoms with Gasteiger partial charge in [0.2, 0.25) is 5.82 Å². The average molecular weight is 365 g/mol. The van der Waals surface area contributed by atoms with Gasteiger partial charge < -0.3 is 0 Å². The number of aryl methyl sites for hydroxylation is 1. The van der Waals surface area contributed by atoms with Gasteiger partial charge >= 0.3 is 0 Å². The van der Waals surface area contributed by atoms with E-state index in [4.69, 9.17) is 0 Å². The van der Waals surface area contributed by atoms with Crippen molar-refractivity contribution in [2.24, 2.45) is 5.10 Å². The molecule has 3 aromatic rings. The molecule has 0 atom stereocenters. The van der Waals surface area contributed by atoms with E-state index in [2.05, 4.69) is 25.9 Å². The Morgan fingerprint density at radius 3 is 2.89 bits per heavy atom. The maximum atomic E-state index is 11.9. The zero-order valence-electron chi connectivity index (χ0n) is 14.3. The highest BCUT2D eigenvalue weighted by molar-refractivity contribution is 5.83. The summed E-state index contributed by atoms with van der Waals surface area (Å²) in [5.74, 6) is -0.0218. The van der Waals surface area contributed by atoms with E-state index in [9.17, 15) is 14.9 Å². The third-order valence-corrected chi connectivity index (χ3v) is 3.61. The molecule has 0 bridgehead atoms. The zero-order chi connectivity index (χ0) is 19.2. The van der Waals surface area contributed by atoms with Crippen molar-refractivity contribution in [2.75, 3.05) is 0 Å². The number of tetrazole rings is 1. The number of hydrogen-bond acceptors (Lipinski definition) is 7. The van der Waals surface area contributed by atoms with Crippen LogP contribution in [-0.2, 0) is 11.3 Å². The van der Waals surface area contributed by atoms with E-state index in [0.717, 1.165) is 11.1 Å². The minimum absolute atomic E-state index is 0.0548. The van der Waals surface area contributed by atoms with Crippen LogP contribution >= 0.6 is 0 Å². The van der Waals surface area contributed by atoms with Crippen LogP contribution in [0, 0.1) is 17.0 Å². The van der Waals surface area contributed by atoms with E-state index in [1.165, 1.54) is 29.2 Å². The second kappa shape index (κ2) is 7.95. The smallest absolute Gasteiger partial charge is 0.270 e. The van der Waals surface area contributed by atoms with Crippen molar-refractivity contribution in [3.63, 3.8) is 0 Å². The number of nitrogens with zero attached hydrogens (tertiary/aromatic N) is 6. The molecule has 10 heteroatoms. The van der Waals surface area contributed by atoms with Crippen molar-refractivity contribution in [3.05, 3.63) is 69.8 Å². The van der Waals surface area contributed by atoms with Crippen LogP contribution in [0.25, 0.3) is 11.4 Å². The highest BCUT2D eigenvalue weighted by Gasteiger charge is 2.10. The third-order valence-electron chi connectivity index (χ3n) is 3.61. The molecule has 1 N–H and O–H groups in total. The normalized spacial score (nSPS) is 10.9. The molecule has 1 aromatic heterocycles. The van der Waals surface area contributed by atoms with Crippen LogP contribution in [0.3, 0.4) is 0 Å². The van der Waals surface area contributed by atoms with E-state index in [1.807, 2.05) is 31.2 Å². The number of benzene rings is 2. The fourth-order valence-corrected chi connectivity index (χ4v) is 2.30. The number of nitro groups is 1. The number of non-ortho nitro benzene ring substituents is 1. The lowest BCUT2D eigenvalue weighted by Gasteiger charge is -1.99. The molecule has 0 spiro atoms. The molecule has 0 saturated heterocycles. The fraction of sp³-hybridized carbons (Fsp3) is 0.118. The van der Waals surface area contributed by atoms with Crippen molar-refractivity contribution in [1.82, 2.24) is 25.6 Å². The van der Waals surface area contributed by atoms with Crippen molar-refractivity contribution < 1.29 is 9.72 Å². The first kappa shape index (κ1) is 17.9. The van der Waals surface area contributed by atoms with Crippen molar-refractivity contribution in [2.45, 2.75) is 13.5 Å². The number of rotatable bonds is 6. The number of carbonyl (C=O) groups excluding carboxylic acids is 1. The van der Waals surface area contributed by atoms with Crippen LogP contribution < -0.4 is 5.43 Å². The number of amides is 1. The maximum absolute atomic E-state index is 11.9. The Balaban J connectivity index is 1.59. The second-order valence-electron chi connectivity index (χ2n) is 5.60. The average Bonchev–Trinajstić information content (AvgIpc) is 3.10. The maximum Gasteiger partial charge on any atom is 0.270 e. The number of nitro benzene ring substituents is 1. The lowest BCUT2D eigenvalue weighted by molar-refractivity contribution is -0.384. The van der Waals surface area contributed by atoms with Crippen LogP contribution in [0.4, 0.5) is 5.69 Å². The molecular formula is C17H15N7O3. The van der Waals surface area contributed by atoms with Gasteiger partial charge in [-0.3, -0.25) is 14.9 Å². The molecule has 0 aliphatic rings. The second-order valence-corrected chi connectivity index (χ2v) is 5.60. The lowest BCUT2D eigenvalue weighted by Crippen LogP contribution is -2.24. The van der Waals surface area contributed by atoms with E-state index >= 15 is 0 Å². The van der Waals surface area contributed by atoms with Crippen LogP contribution in [-0.4, -0.2) is 37.3 Å². The van der Waals surface area contributed by atoms with Crippen LogP contribution in [0.1, 0.15) is 11.1 Å². The molecule has 0 aliphatic carbocycles. The van der Waals surface area contributed by atoms with Gasteiger partial charge in [-0.1, -0.05) is 36.4 Å². The highest BCUT2D eigenvalue weighted by Crippen LogP contribution is 2.17. The van der Waals surface area contributed by atoms with Gasteiger partial charge in [0.05, 0.1) is 11.1 Å². The molecule has 0 fully saturated rings. The number of hydrogen-bond donors (Lipinski definition) is 1. The monoisotopic (exact) mass is 365 g/mol. The molecule has 10 nitrogen and oxygen atoms in total. The summed E-state index contributed by atoms with van der Waals surface area (Å²) < 4.78 is 0. The van der Waals surface area contributed by atoms with Gasteiger partial charge in [-0.05, 0) is 17.7 Å². The first-order valence-corrected chi connectivity index (χ1v) is 7.93. The summed E-state index contributed by atoms with van der Waals surface area (Å²) in [6, 6.07) is 13.5. The third kappa shape index (κ3) is 4.57. The molecule has 136 valence electrons. The molecule has 0 saturated carbocycles. The Morgan fingerprint density at radius 2 is 2.11 bits per heavy atom. The van der Waals surface area contributed by atoms with Crippen LogP contribution in [0.15, 0.2) is 53.6 Å². The first-order valence-electron chi connectivity index (χ1n) is 7.93. The van der Waals surface area contributed by atoms with Crippen molar-refractivity contribution in [1.29, 1.82) is 0 Å². The minimum atomic E-state index is -0.502. The Bertz CT molecular complexity index is 1010. The summed E-state index contributed by atoms with van der Waals surface area (Å²) in [5.41, 5.74) is 4.60. The quantitative estimate of drug-likeness (QED) is 0.402. The largest absolute Gasteiger partial charge is 0.271 e. The SMILES string of the molecule is Cc1ccccc1-c1nnn(CC(=O)N/N=C\c2cccc([N+](=O)[O-])c2)n1. The van der Waals surface area contributed by atoms with Gasteiger partial charge in [0.15, 0.2) is 0 Å². The van der Waals surface area contributed by atoms with Gasteiger partial charge in [0.25, 0.3) is 11.6 Å². The molecule has 0 unspecified atom stereocenters. The van der Waals surface area contributed by atoms with E-state index in [0.29, 0.717) is 11.4 Å². The Hall–Kier alpha value is -3.95. The fourth-order valence-electron chi connectivity index (χ4n) is 2.30. The first-order chi connectivity index (χ1) is 13.0. The Kier molecular flexibility index (Phi) is 5.26. The van der Waals surface area contributed by atoms with Crippen molar-refractivity contribution in [3.8, 4) is 11.4 Å². The molecule has 0 radical (unpaired) electrons. The van der Waals surface area contributed by atoms with Crippen molar-refractivity contribution >= 4 is 17.8 Å². The van der Waals surface area contributed by atoms with E-state index in [1.54, 1.807) is 6.07 Å². The number of nitrogens with one attached hydrogen (secondary N) is 1. The van der Waals surface area contributed by atoms with E-state index in [-0.39, 0.29) is 12.2 Å². The Morgan fingerprint density at radius 1 is 1.30 bits per heavy atom. The zero-order valence-corrected chi connectivity index (χ0v) is 14.3. The molecular weight excluding hydrogens is 350 g/mol. The van der Waals surface area contributed by atoms with Crippen LogP contribution in [0.5, 0.6) is 0 Å². The molecule has 0 aliphatic heterocycles. The summed E-state index contributed by atoms with van der Waals surface area (Å²) in [7, 11) is 0. The number of aromatic nitrogens is 4. The molecule has 1 heterocycles. The van der Waals surface area contributed by atoms with Gasteiger partial charge in [-0.25, -0.2) is 5.43 Å². The standard InChI is InChI=1S/C17H15N7O3/c1-12-5-2-3-8-15(12)17-20-22-23(21-17)11-16(25)19-18-10-13-6-4-7-14(9-13)24(26)27/h2-10H,11H2,1H3,(H,19,25)/b18-10-. The predicted octanol–water partition coefficient (Wildman–Crippen LogP) is 1.71. The van der Waals surface area contributed by atoms with E-state index < -0.39 is 10.8 Å². The highest BCUT2D eigenvalue weighted by atomic mass is 16.6. The van der Waals surface area contributed by atoms with Gasteiger partial charge in [0.1, 0.15) is 6.54 Å². The summed E-state index contributed by atoms with van der Waals surface area (Å²) in [6.45, 7) is 1.77.